The standard InChI is InChI=1S/C21H32O3/c1-20(24)9-7-14-13(11-20)3-4-16-15(14)8-10-21(2)17(16)5-6-18(21)19(23)12-22/h3,14-18,22,24H,4-12H2,1-2H3/t14-,15+,16+,17-,18+,20+,21-/m0/s1. The monoisotopic (exact) mass is 332 g/mol. The first-order chi connectivity index (χ1) is 11.4. The molecule has 0 aromatic rings. The van der Waals surface area contributed by atoms with Gasteiger partial charge in [-0.15, -0.1) is 0 Å². The molecule has 0 aromatic heterocycles. The van der Waals surface area contributed by atoms with Crippen molar-refractivity contribution in [2.45, 2.75) is 70.8 Å². The minimum atomic E-state index is -0.510. The van der Waals surface area contributed by atoms with Crippen molar-refractivity contribution >= 4 is 5.78 Å². The number of Topliss-reactive ketones (excluding diaryl/α,β-unsaturated/α-hetero) is 1. The fourth-order valence-corrected chi connectivity index (χ4v) is 7.11. The van der Waals surface area contributed by atoms with Crippen molar-refractivity contribution in [3.63, 3.8) is 0 Å². The van der Waals surface area contributed by atoms with E-state index in [0.29, 0.717) is 17.8 Å². The molecule has 0 aliphatic heterocycles. The molecule has 134 valence electrons. The Bertz CT molecular complexity index is 563. The fourth-order valence-electron chi connectivity index (χ4n) is 7.11. The van der Waals surface area contributed by atoms with Gasteiger partial charge in [0.05, 0.1) is 5.60 Å². The van der Waals surface area contributed by atoms with E-state index in [4.69, 9.17) is 0 Å². The number of allylic oxidation sites excluding steroid dienone is 1. The van der Waals surface area contributed by atoms with Crippen LogP contribution >= 0.6 is 0 Å². The topological polar surface area (TPSA) is 57.5 Å². The molecule has 3 nitrogen and oxygen atoms in total. The number of aliphatic hydroxyl groups excluding tert-OH is 1. The summed E-state index contributed by atoms with van der Waals surface area (Å²) in [6, 6.07) is 0. The highest BCUT2D eigenvalue weighted by molar-refractivity contribution is 5.83. The van der Waals surface area contributed by atoms with E-state index in [1.807, 2.05) is 6.92 Å². The number of rotatable bonds is 2. The molecule has 3 saturated carbocycles. The summed E-state index contributed by atoms with van der Waals surface area (Å²) in [4.78, 5) is 12.2. The number of hydrogen-bond donors (Lipinski definition) is 2. The maximum Gasteiger partial charge on any atom is 0.161 e. The molecule has 0 unspecified atom stereocenters. The molecule has 7 atom stereocenters. The highest BCUT2D eigenvalue weighted by Crippen LogP contribution is 2.63. The number of carbonyl (C=O) groups is 1. The second kappa shape index (κ2) is 5.67. The third-order valence-electron chi connectivity index (χ3n) is 8.26. The largest absolute Gasteiger partial charge is 0.390 e. The van der Waals surface area contributed by atoms with Gasteiger partial charge >= 0.3 is 0 Å². The van der Waals surface area contributed by atoms with Gasteiger partial charge in [0.15, 0.2) is 5.78 Å². The van der Waals surface area contributed by atoms with Crippen molar-refractivity contribution in [3.05, 3.63) is 11.6 Å². The zero-order chi connectivity index (χ0) is 17.1. The quantitative estimate of drug-likeness (QED) is 0.761. The Morgan fingerprint density at radius 1 is 1.17 bits per heavy atom. The molecule has 0 amide bonds. The fraction of sp³-hybridized carbons (Fsp3) is 0.857. The van der Waals surface area contributed by atoms with E-state index >= 15 is 0 Å². The molecule has 0 spiro atoms. The van der Waals surface area contributed by atoms with Gasteiger partial charge in [0.1, 0.15) is 6.61 Å². The summed E-state index contributed by atoms with van der Waals surface area (Å²) in [7, 11) is 0. The van der Waals surface area contributed by atoms with Crippen molar-refractivity contribution in [1.82, 2.24) is 0 Å². The van der Waals surface area contributed by atoms with Crippen LogP contribution in [0, 0.1) is 35.0 Å². The van der Waals surface area contributed by atoms with Gasteiger partial charge in [-0.1, -0.05) is 18.6 Å². The lowest BCUT2D eigenvalue weighted by Crippen LogP contribution is -2.48. The number of hydrogen-bond acceptors (Lipinski definition) is 3. The van der Waals surface area contributed by atoms with Crippen molar-refractivity contribution in [3.8, 4) is 0 Å². The summed E-state index contributed by atoms with van der Waals surface area (Å²) in [6.07, 6.45) is 11.0. The van der Waals surface area contributed by atoms with Crippen LogP contribution in [0.3, 0.4) is 0 Å². The first kappa shape index (κ1) is 16.8. The van der Waals surface area contributed by atoms with Crippen molar-refractivity contribution < 1.29 is 15.0 Å². The summed E-state index contributed by atoms with van der Waals surface area (Å²) in [5, 5.41) is 19.8. The molecule has 24 heavy (non-hydrogen) atoms. The van der Waals surface area contributed by atoms with Gasteiger partial charge in [-0.25, -0.2) is 0 Å². The third kappa shape index (κ3) is 2.42. The van der Waals surface area contributed by atoms with Crippen LogP contribution in [0.15, 0.2) is 11.6 Å². The molecule has 0 radical (unpaired) electrons. The molecule has 4 rings (SSSR count). The summed E-state index contributed by atoms with van der Waals surface area (Å²) < 4.78 is 0. The highest BCUT2D eigenvalue weighted by atomic mass is 16.3. The van der Waals surface area contributed by atoms with Gasteiger partial charge < -0.3 is 10.2 Å². The van der Waals surface area contributed by atoms with Gasteiger partial charge in [0, 0.05) is 5.92 Å². The minimum Gasteiger partial charge on any atom is -0.390 e. The Labute approximate surface area is 145 Å². The van der Waals surface area contributed by atoms with Gasteiger partial charge in [-0.3, -0.25) is 4.79 Å². The van der Waals surface area contributed by atoms with E-state index in [1.165, 1.54) is 12.0 Å². The van der Waals surface area contributed by atoms with Crippen LogP contribution in [0.5, 0.6) is 0 Å². The molecular weight excluding hydrogens is 300 g/mol. The normalized spacial score (nSPS) is 50.5. The summed E-state index contributed by atoms with van der Waals surface area (Å²) in [5.74, 6) is 2.91. The third-order valence-corrected chi connectivity index (χ3v) is 8.26. The lowest BCUT2D eigenvalue weighted by atomic mass is 9.51. The Morgan fingerprint density at radius 2 is 1.96 bits per heavy atom. The summed E-state index contributed by atoms with van der Waals surface area (Å²) >= 11 is 0. The second-order valence-corrected chi connectivity index (χ2v) is 9.57. The van der Waals surface area contributed by atoms with E-state index < -0.39 is 5.60 Å². The van der Waals surface area contributed by atoms with Gasteiger partial charge in [-0.2, -0.15) is 0 Å². The van der Waals surface area contributed by atoms with E-state index in [0.717, 1.165) is 50.9 Å². The van der Waals surface area contributed by atoms with E-state index in [1.54, 1.807) is 0 Å². The number of carbonyl (C=O) groups excluding carboxylic acids is 1. The average molecular weight is 332 g/mol. The Kier molecular flexibility index (Phi) is 3.96. The van der Waals surface area contributed by atoms with Gasteiger partial charge in [0.2, 0.25) is 0 Å². The molecule has 3 fully saturated rings. The van der Waals surface area contributed by atoms with Crippen LogP contribution in [-0.4, -0.2) is 28.2 Å². The Morgan fingerprint density at radius 3 is 2.71 bits per heavy atom. The summed E-state index contributed by atoms with van der Waals surface area (Å²) in [6.45, 7) is 4.02. The highest BCUT2D eigenvalue weighted by Gasteiger charge is 2.57. The van der Waals surface area contributed by atoms with E-state index in [-0.39, 0.29) is 23.7 Å². The molecular formula is C21H32O3. The van der Waals surface area contributed by atoms with Crippen LogP contribution in [-0.2, 0) is 4.79 Å². The molecule has 0 aromatic carbocycles. The van der Waals surface area contributed by atoms with Gasteiger partial charge in [0.25, 0.3) is 0 Å². The van der Waals surface area contributed by atoms with Crippen LogP contribution in [0.25, 0.3) is 0 Å². The number of ketones is 1. The van der Waals surface area contributed by atoms with Crippen LogP contribution in [0.4, 0.5) is 0 Å². The van der Waals surface area contributed by atoms with E-state index in [2.05, 4.69) is 13.0 Å². The molecule has 0 bridgehead atoms. The first-order valence-electron chi connectivity index (χ1n) is 9.90. The summed E-state index contributed by atoms with van der Waals surface area (Å²) in [5.41, 5.74) is 1.11. The number of fused-ring (bicyclic) bond motifs is 5. The van der Waals surface area contributed by atoms with Crippen molar-refractivity contribution in [1.29, 1.82) is 0 Å². The predicted octanol–water partition coefficient (Wildman–Crippen LogP) is 3.49. The van der Waals surface area contributed by atoms with Crippen molar-refractivity contribution in [2.24, 2.45) is 35.0 Å². The Balaban J connectivity index is 1.59. The lowest BCUT2D eigenvalue weighted by molar-refractivity contribution is -0.131. The zero-order valence-corrected chi connectivity index (χ0v) is 15.1. The second-order valence-electron chi connectivity index (χ2n) is 9.57. The van der Waals surface area contributed by atoms with Crippen LogP contribution < -0.4 is 0 Å². The van der Waals surface area contributed by atoms with Crippen LogP contribution in [0.1, 0.15) is 65.2 Å². The van der Waals surface area contributed by atoms with Crippen molar-refractivity contribution in [2.75, 3.05) is 6.61 Å². The maximum atomic E-state index is 12.2. The molecule has 4 aliphatic carbocycles. The zero-order valence-electron chi connectivity index (χ0n) is 15.1. The predicted molar refractivity (Wildman–Crippen MR) is 93.3 cm³/mol. The molecule has 2 N–H and O–H groups in total. The smallest absolute Gasteiger partial charge is 0.161 e. The lowest BCUT2D eigenvalue weighted by Gasteiger charge is -2.54. The average Bonchev–Trinajstić information content (AvgIpc) is 2.90. The van der Waals surface area contributed by atoms with Gasteiger partial charge in [-0.05, 0) is 87.4 Å². The number of aliphatic hydroxyl groups is 2. The minimum absolute atomic E-state index is 0.0687. The SMILES string of the molecule is C[C@@]1(O)CC[C@H]2C(=CC[C@@H]3[C@@H]2CC[C@]2(C)[C@@H](C(=O)CO)CC[C@@H]32)C1. The molecule has 3 heteroatoms. The molecule has 0 heterocycles. The van der Waals surface area contributed by atoms with E-state index in [9.17, 15) is 15.0 Å². The molecule has 4 aliphatic rings. The Hall–Kier alpha value is -0.670. The molecule has 0 saturated heterocycles. The first-order valence-corrected chi connectivity index (χ1v) is 9.90. The van der Waals surface area contributed by atoms with Crippen LogP contribution in [0.2, 0.25) is 0 Å². The maximum absolute atomic E-state index is 12.2.